The number of ether oxygens (including phenoxy) is 2. The predicted molar refractivity (Wildman–Crippen MR) is 107 cm³/mol. The smallest absolute Gasteiger partial charge is 0.169 e. The van der Waals surface area contributed by atoms with Crippen LogP contribution < -0.4 is 5.84 Å². The quantitative estimate of drug-likeness (QED) is 0.539. The van der Waals surface area contributed by atoms with Crippen molar-refractivity contribution < 1.29 is 9.47 Å². The van der Waals surface area contributed by atoms with E-state index in [1.807, 2.05) is 0 Å². The summed E-state index contributed by atoms with van der Waals surface area (Å²) in [6, 6.07) is 0. The Morgan fingerprint density at radius 3 is 2.48 bits per heavy atom. The first-order valence-corrected chi connectivity index (χ1v) is 11.2. The van der Waals surface area contributed by atoms with Gasteiger partial charge in [-0.05, 0) is 93.0 Å². The lowest BCUT2D eigenvalue weighted by Gasteiger charge is -2.59. The Kier molecular flexibility index (Phi) is 4.08. The van der Waals surface area contributed by atoms with Gasteiger partial charge in [0.2, 0.25) is 0 Å². The average molecular weight is 373 g/mol. The standard InChI is InChI=1S/C23H36N2O2/c1-21-10-8-16(25-24)14-15(21)4-5-17-18-6-7-20(23(3)26-12-13-27-23)22(18,2)11-9-19(17)21/h14,17-20H,4-13,24H2,1-3H3/t17?,18?,19?,20-,21-,22-/m0/s1. The summed E-state index contributed by atoms with van der Waals surface area (Å²) in [5, 5.41) is 4.01. The summed E-state index contributed by atoms with van der Waals surface area (Å²) in [7, 11) is 0. The lowest BCUT2D eigenvalue weighted by atomic mass is 9.46. The van der Waals surface area contributed by atoms with Crippen LogP contribution in [0.15, 0.2) is 16.8 Å². The van der Waals surface area contributed by atoms with E-state index in [2.05, 4.69) is 31.9 Å². The number of allylic oxidation sites excluding steroid dienone is 2. The summed E-state index contributed by atoms with van der Waals surface area (Å²) in [5.74, 6) is 8.30. The maximum atomic E-state index is 6.15. The van der Waals surface area contributed by atoms with E-state index in [1.165, 1.54) is 44.9 Å². The minimum Gasteiger partial charge on any atom is -0.348 e. The van der Waals surface area contributed by atoms with Crippen molar-refractivity contribution in [2.75, 3.05) is 13.2 Å². The highest BCUT2D eigenvalue weighted by Gasteiger charge is 2.62. The van der Waals surface area contributed by atoms with Crippen molar-refractivity contribution in [3.05, 3.63) is 11.6 Å². The average Bonchev–Trinajstić information content (AvgIpc) is 3.24. The minimum atomic E-state index is -0.350. The molecular formula is C23H36N2O2. The minimum absolute atomic E-state index is 0.350. The van der Waals surface area contributed by atoms with Crippen molar-refractivity contribution in [3.8, 4) is 0 Å². The molecule has 1 aliphatic heterocycles. The fraction of sp³-hybridized carbons (Fsp3) is 0.870. The van der Waals surface area contributed by atoms with Gasteiger partial charge in [-0.3, -0.25) is 0 Å². The van der Waals surface area contributed by atoms with Gasteiger partial charge in [-0.25, -0.2) is 0 Å². The van der Waals surface area contributed by atoms with Crippen LogP contribution in [0.25, 0.3) is 0 Å². The van der Waals surface area contributed by atoms with E-state index < -0.39 is 0 Å². The molecule has 0 radical (unpaired) electrons. The van der Waals surface area contributed by atoms with Crippen molar-refractivity contribution in [3.63, 3.8) is 0 Å². The van der Waals surface area contributed by atoms with Gasteiger partial charge in [-0.1, -0.05) is 19.4 Å². The van der Waals surface area contributed by atoms with Gasteiger partial charge < -0.3 is 15.3 Å². The van der Waals surface area contributed by atoms with E-state index in [1.54, 1.807) is 5.57 Å². The largest absolute Gasteiger partial charge is 0.348 e. The molecule has 3 unspecified atom stereocenters. The lowest BCUT2D eigenvalue weighted by molar-refractivity contribution is -0.214. The first kappa shape index (κ1) is 18.2. The summed E-state index contributed by atoms with van der Waals surface area (Å²) in [4.78, 5) is 0. The number of hydrogen-bond donors (Lipinski definition) is 1. The molecule has 0 amide bonds. The van der Waals surface area contributed by atoms with Gasteiger partial charge in [0.1, 0.15) is 0 Å². The second-order valence-electron chi connectivity index (χ2n) is 10.5. The first-order chi connectivity index (χ1) is 12.9. The molecule has 0 aromatic rings. The summed E-state index contributed by atoms with van der Waals surface area (Å²) in [6.45, 7) is 8.84. The zero-order valence-corrected chi connectivity index (χ0v) is 17.3. The van der Waals surface area contributed by atoms with E-state index in [0.29, 0.717) is 16.7 Å². The summed E-state index contributed by atoms with van der Waals surface area (Å²) in [6.07, 6.45) is 12.5. The van der Waals surface area contributed by atoms with E-state index >= 15 is 0 Å². The van der Waals surface area contributed by atoms with Crippen molar-refractivity contribution in [2.45, 2.75) is 77.9 Å². The predicted octanol–water partition coefficient (Wildman–Crippen LogP) is 4.64. The molecule has 4 nitrogen and oxygen atoms in total. The molecule has 0 aromatic carbocycles. The fourth-order valence-corrected chi connectivity index (χ4v) is 8.27. The molecule has 150 valence electrons. The van der Waals surface area contributed by atoms with Gasteiger partial charge in [-0.2, -0.15) is 5.10 Å². The van der Waals surface area contributed by atoms with Crippen LogP contribution in [0.4, 0.5) is 0 Å². The van der Waals surface area contributed by atoms with Crippen LogP contribution >= 0.6 is 0 Å². The van der Waals surface area contributed by atoms with Crippen molar-refractivity contribution >= 4 is 5.71 Å². The van der Waals surface area contributed by atoms with Crippen molar-refractivity contribution in [1.82, 2.24) is 0 Å². The molecule has 1 heterocycles. The van der Waals surface area contributed by atoms with Gasteiger partial charge in [0.15, 0.2) is 5.79 Å². The zero-order chi connectivity index (χ0) is 18.9. The Morgan fingerprint density at radius 2 is 1.74 bits per heavy atom. The highest BCUT2D eigenvalue weighted by Crippen LogP contribution is 2.68. The Hall–Kier alpha value is -0.870. The molecule has 3 saturated carbocycles. The molecule has 4 aliphatic carbocycles. The number of hydrogen-bond acceptors (Lipinski definition) is 4. The third kappa shape index (κ3) is 2.45. The zero-order valence-electron chi connectivity index (χ0n) is 17.3. The number of fused-ring (bicyclic) bond motifs is 5. The normalized spacial score (nSPS) is 50.0. The third-order valence-corrected chi connectivity index (χ3v) is 9.64. The van der Waals surface area contributed by atoms with Crippen LogP contribution in [0.5, 0.6) is 0 Å². The van der Waals surface area contributed by atoms with Gasteiger partial charge in [0.25, 0.3) is 0 Å². The lowest BCUT2D eigenvalue weighted by Crippen LogP contribution is -2.53. The molecule has 4 heteroatoms. The molecule has 5 aliphatic rings. The van der Waals surface area contributed by atoms with Gasteiger partial charge in [-0.15, -0.1) is 0 Å². The van der Waals surface area contributed by atoms with E-state index in [-0.39, 0.29) is 5.79 Å². The number of rotatable bonds is 1. The van der Waals surface area contributed by atoms with E-state index in [4.69, 9.17) is 15.3 Å². The maximum absolute atomic E-state index is 6.15. The van der Waals surface area contributed by atoms with Gasteiger partial charge in [0, 0.05) is 5.92 Å². The molecule has 6 atom stereocenters. The summed E-state index contributed by atoms with van der Waals surface area (Å²) < 4.78 is 12.3. The first-order valence-electron chi connectivity index (χ1n) is 11.2. The highest BCUT2D eigenvalue weighted by molar-refractivity contribution is 5.96. The van der Waals surface area contributed by atoms with Crippen molar-refractivity contribution in [2.24, 2.45) is 45.4 Å². The molecule has 5 rings (SSSR count). The SMILES string of the molecule is CC1([C@H]2CCC3C4CCC5=CC(=NN)CC[C@]5(C)C4CC[C@@]32C)OCCO1. The van der Waals surface area contributed by atoms with Crippen LogP contribution in [-0.2, 0) is 9.47 Å². The van der Waals surface area contributed by atoms with E-state index in [9.17, 15) is 0 Å². The Morgan fingerprint density at radius 1 is 0.963 bits per heavy atom. The molecule has 1 saturated heterocycles. The number of hydrazone groups is 1. The van der Waals surface area contributed by atoms with Crippen LogP contribution in [0.1, 0.15) is 72.1 Å². The molecule has 4 fully saturated rings. The second-order valence-corrected chi connectivity index (χ2v) is 10.5. The van der Waals surface area contributed by atoms with Gasteiger partial charge >= 0.3 is 0 Å². The molecule has 27 heavy (non-hydrogen) atoms. The molecule has 2 N–H and O–H groups in total. The Balaban J connectivity index is 1.44. The third-order valence-electron chi connectivity index (χ3n) is 9.64. The molecule has 0 spiro atoms. The molecule has 0 bridgehead atoms. The van der Waals surface area contributed by atoms with E-state index in [0.717, 1.165) is 43.1 Å². The number of nitrogens with zero attached hydrogens (tertiary/aromatic N) is 1. The van der Waals surface area contributed by atoms with Crippen molar-refractivity contribution in [1.29, 1.82) is 0 Å². The number of nitrogens with two attached hydrogens (primary N) is 1. The summed E-state index contributed by atoms with van der Waals surface area (Å²) in [5.41, 5.74) is 3.47. The van der Waals surface area contributed by atoms with Gasteiger partial charge in [0.05, 0.1) is 18.9 Å². The Labute approximate surface area is 163 Å². The molecular weight excluding hydrogens is 336 g/mol. The fourth-order valence-electron chi connectivity index (χ4n) is 8.27. The second kappa shape index (κ2) is 6.06. The van der Waals surface area contributed by atoms with Crippen LogP contribution in [-0.4, -0.2) is 24.7 Å². The molecule has 0 aromatic heterocycles. The van der Waals surface area contributed by atoms with Crippen LogP contribution in [0.3, 0.4) is 0 Å². The monoisotopic (exact) mass is 372 g/mol. The maximum Gasteiger partial charge on any atom is 0.169 e. The Bertz CT molecular complexity index is 680. The highest BCUT2D eigenvalue weighted by atomic mass is 16.7. The van der Waals surface area contributed by atoms with Crippen LogP contribution in [0, 0.1) is 34.5 Å². The summed E-state index contributed by atoms with van der Waals surface area (Å²) >= 11 is 0. The van der Waals surface area contributed by atoms with Crippen LogP contribution in [0.2, 0.25) is 0 Å². The topological polar surface area (TPSA) is 56.8 Å².